The summed E-state index contributed by atoms with van der Waals surface area (Å²) in [7, 11) is 1.28. The van der Waals surface area contributed by atoms with Crippen LogP contribution in [0.4, 0.5) is 0 Å². The molecule has 0 aliphatic rings. The summed E-state index contributed by atoms with van der Waals surface area (Å²) < 4.78 is 9.86. The summed E-state index contributed by atoms with van der Waals surface area (Å²) in [6.07, 6.45) is 0. The number of hydrogen-bond acceptors (Lipinski definition) is 5. The van der Waals surface area contributed by atoms with E-state index in [1.807, 2.05) is 0 Å². The zero-order valence-corrected chi connectivity index (χ0v) is 10.6. The van der Waals surface area contributed by atoms with Gasteiger partial charge in [-0.2, -0.15) is 0 Å². The Morgan fingerprint density at radius 1 is 1.37 bits per heavy atom. The van der Waals surface area contributed by atoms with Gasteiger partial charge in [-0.1, -0.05) is 17.7 Å². The summed E-state index contributed by atoms with van der Waals surface area (Å²) in [6, 6.07) is 7.35. The van der Waals surface area contributed by atoms with Crippen molar-refractivity contribution in [2.24, 2.45) is 0 Å². The van der Waals surface area contributed by atoms with Crippen LogP contribution < -0.4 is 10.2 Å². The van der Waals surface area contributed by atoms with Crippen LogP contribution in [-0.2, 0) is 4.74 Å². The number of nitrogens with zero attached hydrogens (tertiary/aromatic N) is 1. The predicted octanol–water partition coefficient (Wildman–Crippen LogP) is 2.00. The number of aromatic nitrogens is 2. The van der Waals surface area contributed by atoms with Crippen molar-refractivity contribution in [1.29, 1.82) is 0 Å². The maximum atomic E-state index is 11.5. The van der Waals surface area contributed by atoms with E-state index in [0.717, 1.165) is 6.07 Å². The summed E-state index contributed by atoms with van der Waals surface area (Å²) in [6.45, 7) is 0. The molecule has 0 bridgehead atoms. The number of H-pyrrole nitrogens is 1. The minimum absolute atomic E-state index is 0.112. The molecule has 0 fully saturated rings. The van der Waals surface area contributed by atoms with Crippen LogP contribution in [-0.4, -0.2) is 23.3 Å². The molecule has 0 aliphatic carbocycles. The molecule has 2 aromatic rings. The molecular weight excluding hydrogens is 272 g/mol. The van der Waals surface area contributed by atoms with E-state index in [1.54, 1.807) is 18.2 Å². The normalized spacial score (nSPS) is 10.0. The maximum absolute atomic E-state index is 11.5. The van der Waals surface area contributed by atoms with Gasteiger partial charge in [0.05, 0.1) is 12.7 Å². The van der Waals surface area contributed by atoms with Gasteiger partial charge < -0.3 is 9.47 Å². The van der Waals surface area contributed by atoms with Gasteiger partial charge in [0.15, 0.2) is 0 Å². The predicted molar refractivity (Wildman–Crippen MR) is 67.7 cm³/mol. The Labute approximate surface area is 112 Å². The van der Waals surface area contributed by atoms with Gasteiger partial charge >= 0.3 is 5.97 Å². The molecule has 1 aromatic carbocycles. The fraction of sp³-hybridized carbons (Fsp3) is 0.0833. The van der Waals surface area contributed by atoms with Gasteiger partial charge in [0, 0.05) is 6.07 Å². The van der Waals surface area contributed by atoms with Gasteiger partial charge in [0.25, 0.3) is 5.88 Å². The van der Waals surface area contributed by atoms with Crippen LogP contribution in [0.3, 0.4) is 0 Å². The molecule has 0 saturated heterocycles. The molecule has 19 heavy (non-hydrogen) atoms. The summed E-state index contributed by atoms with van der Waals surface area (Å²) in [5, 5.41) is 6.18. The highest BCUT2D eigenvalue weighted by Crippen LogP contribution is 2.18. The Bertz CT molecular complexity index is 669. The van der Waals surface area contributed by atoms with Crippen LogP contribution in [0.1, 0.15) is 10.4 Å². The maximum Gasteiger partial charge on any atom is 0.337 e. The van der Waals surface area contributed by atoms with Gasteiger partial charge in [0.2, 0.25) is 5.43 Å². The first-order valence-electron chi connectivity index (χ1n) is 5.21. The number of benzene rings is 1. The zero-order valence-electron chi connectivity index (χ0n) is 9.84. The summed E-state index contributed by atoms with van der Waals surface area (Å²) >= 11 is 5.57. The van der Waals surface area contributed by atoms with Gasteiger partial charge in [-0.05, 0) is 18.2 Å². The lowest BCUT2D eigenvalue weighted by Gasteiger charge is -2.05. The van der Waals surface area contributed by atoms with Crippen molar-refractivity contribution in [2.75, 3.05) is 7.11 Å². The monoisotopic (exact) mass is 280 g/mol. The number of esters is 1. The third-order valence-corrected chi connectivity index (χ3v) is 2.40. The molecular formula is C12H9ClN2O4. The fourth-order valence-corrected chi connectivity index (χ4v) is 1.50. The smallest absolute Gasteiger partial charge is 0.337 e. The van der Waals surface area contributed by atoms with E-state index in [9.17, 15) is 9.59 Å². The first kappa shape index (κ1) is 13.1. The minimum Gasteiger partial charge on any atom is -0.465 e. The fourth-order valence-electron chi connectivity index (χ4n) is 1.36. The molecule has 6 nitrogen and oxygen atoms in total. The van der Waals surface area contributed by atoms with Gasteiger partial charge in [-0.25, -0.2) is 4.79 Å². The highest BCUT2D eigenvalue weighted by molar-refractivity contribution is 6.29. The van der Waals surface area contributed by atoms with Crippen LogP contribution in [0.15, 0.2) is 35.1 Å². The van der Waals surface area contributed by atoms with Crippen molar-refractivity contribution in [3.63, 3.8) is 0 Å². The Morgan fingerprint density at radius 3 is 2.84 bits per heavy atom. The van der Waals surface area contributed by atoms with Crippen LogP contribution in [0.5, 0.6) is 11.6 Å². The first-order chi connectivity index (χ1) is 9.10. The number of methoxy groups -OCH3 is 1. The lowest BCUT2D eigenvalue weighted by molar-refractivity contribution is 0.0600. The number of nitrogens with one attached hydrogen (secondary N) is 1. The quantitative estimate of drug-likeness (QED) is 0.870. The number of carbonyl (C=O) groups is 1. The van der Waals surface area contributed by atoms with Gasteiger partial charge in [-0.3, -0.25) is 9.89 Å². The van der Waals surface area contributed by atoms with Crippen LogP contribution in [0.2, 0.25) is 5.15 Å². The second kappa shape index (κ2) is 5.53. The Kier molecular flexibility index (Phi) is 3.82. The molecule has 0 radical (unpaired) electrons. The molecule has 0 amide bonds. The Balaban J connectivity index is 2.28. The molecule has 0 unspecified atom stereocenters. The SMILES string of the molecule is COC(=O)c1cccc(Oc2n[nH]c(Cl)cc2=O)c1. The summed E-state index contributed by atoms with van der Waals surface area (Å²) in [5.74, 6) is -0.363. The number of ether oxygens (including phenoxy) is 2. The third-order valence-electron chi connectivity index (χ3n) is 2.20. The molecule has 7 heteroatoms. The molecule has 1 N–H and O–H groups in total. The van der Waals surface area contributed by atoms with Crippen molar-refractivity contribution in [2.45, 2.75) is 0 Å². The largest absolute Gasteiger partial charge is 0.465 e. The first-order valence-corrected chi connectivity index (χ1v) is 5.59. The Hall–Kier alpha value is -2.34. The van der Waals surface area contributed by atoms with Crippen molar-refractivity contribution in [3.05, 3.63) is 51.3 Å². The number of aromatic amines is 1. The molecule has 1 aromatic heterocycles. The molecule has 0 atom stereocenters. The second-order valence-corrected chi connectivity index (χ2v) is 3.91. The zero-order chi connectivity index (χ0) is 13.8. The van der Waals surface area contributed by atoms with E-state index in [4.69, 9.17) is 16.3 Å². The third kappa shape index (κ3) is 3.11. The summed E-state index contributed by atoms with van der Waals surface area (Å²) in [5.41, 5.74) is -0.155. The van der Waals surface area contributed by atoms with E-state index in [2.05, 4.69) is 14.9 Å². The number of hydrogen-bond donors (Lipinski definition) is 1. The van der Waals surface area contributed by atoms with Crippen LogP contribution in [0, 0.1) is 0 Å². The molecule has 1 heterocycles. The van der Waals surface area contributed by atoms with Crippen molar-refractivity contribution < 1.29 is 14.3 Å². The van der Waals surface area contributed by atoms with Crippen molar-refractivity contribution >= 4 is 17.6 Å². The molecule has 0 saturated carbocycles. The van der Waals surface area contributed by atoms with E-state index >= 15 is 0 Å². The number of rotatable bonds is 3. The average Bonchev–Trinajstić information content (AvgIpc) is 2.41. The van der Waals surface area contributed by atoms with E-state index in [1.165, 1.54) is 13.2 Å². The minimum atomic E-state index is -0.497. The van der Waals surface area contributed by atoms with Crippen LogP contribution in [0.25, 0.3) is 0 Å². The number of halogens is 1. The second-order valence-electron chi connectivity index (χ2n) is 3.51. The van der Waals surface area contributed by atoms with Crippen molar-refractivity contribution in [3.8, 4) is 11.6 Å². The molecule has 98 valence electrons. The van der Waals surface area contributed by atoms with E-state index in [-0.39, 0.29) is 11.0 Å². The standard InChI is InChI=1S/C12H9ClN2O4/c1-18-12(17)7-3-2-4-8(5-7)19-11-9(16)6-10(13)14-15-11/h2-6H,1H3,(H,14,16). The summed E-state index contributed by atoms with van der Waals surface area (Å²) in [4.78, 5) is 22.9. The molecule has 0 spiro atoms. The molecule has 0 aliphatic heterocycles. The van der Waals surface area contributed by atoms with Crippen molar-refractivity contribution in [1.82, 2.24) is 10.2 Å². The Morgan fingerprint density at radius 2 is 2.16 bits per heavy atom. The number of carbonyl (C=O) groups excluding carboxylic acids is 1. The lowest BCUT2D eigenvalue weighted by atomic mass is 10.2. The topological polar surface area (TPSA) is 81.3 Å². The lowest BCUT2D eigenvalue weighted by Crippen LogP contribution is -2.08. The van der Waals surface area contributed by atoms with E-state index in [0.29, 0.717) is 11.3 Å². The van der Waals surface area contributed by atoms with Gasteiger partial charge in [0.1, 0.15) is 10.9 Å². The highest BCUT2D eigenvalue weighted by atomic mass is 35.5. The van der Waals surface area contributed by atoms with Crippen LogP contribution >= 0.6 is 11.6 Å². The van der Waals surface area contributed by atoms with Gasteiger partial charge in [-0.15, -0.1) is 5.10 Å². The van der Waals surface area contributed by atoms with E-state index < -0.39 is 11.4 Å². The average molecular weight is 281 g/mol. The molecule has 2 rings (SSSR count). The highest BCUT2D eigenvalue weighted by Gasteiger charge is 2.09.